The summed E-state index contributed by atoms with van der Waals surface area (Å²) in [7, 11) is 0. The fourth-order valence-electron chi connectivity index (χ4n) is 3.23. The fraction of sp³-hybridized carbons (Fsp3) is 0.0417. The molecule has 10 heteroatoms. The van der Waals surface area contributed by atoms with E-state index < -0.39 is 22.0 Å². The zero-order valence-electron chi connectivity index (χ0n) is 17.3. The highest BCUT2D eigenvalue weighted by molar-refractivity contribution is 9.10. The van der Waals surface area contributed by atoms with Gasteiger partial charge < -0.3 is 4.74 Å². The van der Waals surface area contributed by atoms with Gasteiger partial charge in [-0.1, -0.05) is 52.3 Å². The quantitative estimate of drug-likeness (QED) is 0.128. The zero-order valence-corrected chi connectivity index (χ0v) is 19.7. The van der Waals surface area contributed by atoms with Crippen LogP contribution in [0.5, 0.6) is 5.75 Å². The number of rotatable bonds is 6. The summed E-state index contributed by atoms with van der Waals surface area (Å²) >= 11 is 4.07. The Morgan fingerprint density at radius 1 is 1.06 bits per heavy atom. The molecule has 0 radical (unpaired) electrons. The first kappa shape index (κ1) is 23.4. The van der Waals surface area contributed by atoms with Crippen molar-refractivity contribution >= 4 is 56.6 Å². The van der Waals surface area contributed by atoms with E-state index in [0.29, 0.717) is 27.4 Å². The molecule has 2 amide bonds. The Bertz CT molecular complexity index is 1340. The Kier molecular flexibility index (Phi) is 6.90. The van der Waals surface area contributed by atoms with Gasteiger partial charge in [0, 0.05) is 21.7 Å². The number of imide groups is 1. The molecule has 4 rings (SSSR count). The van der Waals surface area contributed by atoms with E-state index in [1.165, 1.54) is 24.3 Å². The number of thioether (sulfide) groups is 1. The number of amides is 2. The molecule has 0 aromatic heterocycles. The van der Waals surface area contributed by atoms with E-state index in [-0.39, 0.29) is 28.5 Å². The number of nitro benzene ring substituents is 1. The number of nitrogens with zero attached hydrogens (tertiary/aromatic N) is 2. The smallest absolute Gasteiger partial charge is 0.343 e. The van der Waals surface area contributed by atoms with Crippen LogP contribution in [0.3, 0.4) is 0 Å². The maximum absolute atomic E-state index is 13.0. The largest absolute Gasteiger partial charge is 0.422 e. The van der Waals surface area contributed by atoms with Crippen molar-refractivity contribution in [2.45, 2.75) is 6.54 Å². The number of carbonyl (C=O) groups excluding carboxylic acids is 3. The number of esters is 1. The average Bonchev–Trinajstić information content (AvgIpc) is 3.09. The van der Waals surface area contributed by atoms with Crippen molar-refractivity contribution in [2.24, 2.45) is 0 Å². The zero-order chi connectivity index (χ0) is 24.2. The molecule has 1 aliphatic heterocycles. The van der Waals surface area contributed by atoms with Crippen LogP contribution < -0.4 is 4.74 Å². The lowest BCUT2D eigenvalue weighted by atomic mass is 10.1. The van der Waals surface area contributed by atoms with Crippen LogP contribution in [0.25, 0.3) is 6.08 Å². The molecule has 0 spiro atoms. The number of nitro groups is 1. The Morgan fingerprint density at radius 3 is 2.50 bits per heavy atom. The molecule has 170 valence electrons. The van der Waals surface area contributed by atoms with Gasteiger partial charge in [-0.05, 0) is 48.2 Å². The lowest BCUT2D eigenvalue weighted by molar-refractivity contribution is -0.385. The van der Waals surface area contributed by atoms with Crippen molar-refractivity contribution in [1.82, 2.24) is 4.90 Å². The molecule has 0 saturated carbocycles. The summed E-state index contributed by atoms with van der Waals surface area (Å²) < 4.78 is 6.20. The molecule has 34 heavy (non-hydrogen) atoms. The minimum Gasteiger partial charge on any atom is -0.422 e. The Labute approximate surface area is 206 Å². The van der Waals surface area contributed by atoms with E-state index in [1.54, 1.807) is 54.6 Å². The molecule has 1 aliphatic rings. The van der Waals surface area contributed by atoms with Gasteiger partial charge in [-0.2, -0.15) is 0 Å². The van der Waals surface area contributed by atoms with Crippen LogP contribution in [0.15, 0.2) is 82.2 Å². The first-order chi connectivity index (χ1) is 16.3. The lowest BCUT2D eigenvalue weighted by Crippen LogP contribution is -2.27. The second-order valence-corrected chi connectivity index (χ2v) is 9.00. The van der Waals surface area contributed by atoms with Gasteiger partial charge in [0.1, 0.15) is 5.75 Å². The molecule has 0 unspecified atom stereocenters. The highest BCUT2D eigenvalue weighted by atomic mass is 79.9. The second kappa shape index (κ2) is 10.0. The Balaban J connectivity index is 1.61. The molecule has 3 aromatic rings. The number of ether oxygens (including phenoxy) is 1. The number of para-hydroxylation sites is 1. The maximum atomic E-state index is 13.0. The monoisotopic (exact) mass is 538 g/mol. The first-order valence-electron chi connectivity index (χ1n) is 9.88. The normalized spacial score (nSPS) is 14.5. The molecule has 0 bridgehead atoms. The van der Waals surface area contributed by atoms with E-state index in [1.807, 2.05) is 0 Å². The van der Waals surface area contributed by atoms with E-state index in [2.05, 4.69) is 15.9 Å². The molecule has 1 heterocycles. The summed E-state index contributed by atoms with van der Waals surface area (Å²) in [5, 5.41) is 10.7. The van der Waals surface area contributed by atoms with Gasteiger partial charge in [-0.15, -0.1) is 0 Å². The standard InChI is InChI=1S/C24H15BrN2O6S/c25-18-10-11-20(33-23(29)15-6-2-1-3-7-15)17(12-18)13-21-22(28)26(24(30)34-21)14-16-8-4-5-9-19(16)27(31)32/h1-13H,14H2/b21-13-. The maximum Gasteiger partial charge on any atom is 0.343 e. The third-order valence-electron chi connectivity index (χ3n) is 4.86. The topological polar surface area (TPSA) is 107 Å². The number of hydrogen-bond donors (Lipinski definition) is 0. The molecule has 3 aromatic carbocycles. The van der Waals surface area contributed by atoms with Gasteiger partial charge in [0.15, 0.2) is 0 Å². The third-order valence-corrected chi connectivity index (χ3v) is 6.26. The van der Waals surface area contributed by atoms with Crippen LogP contribution in [0.1, 0.15) is 21.5 Å². The number of halogens is 1. The summed E-state index contributed by atoms with van der Waals surface area (Å²) in [6.07, 6.45) is 1.46. The van der Waals surface area contributed by atoms with Crippen molar-refractivity contribution in [3.8, 4) is 5.75 Å². The molecule has 1 fully saturated rings. The van der Waals surface area contributed by atoms with Crippen molar-refractivity contribution < 1.29 is 24.0 Å². The van der Waals surface area contributed by atoms with Gasteiger partial charge in [0.05, 0.1) is 21.9 Å². The van der Waals surface area contributed by atoms with E-state index in [9.17, 15) is 24.5 Å². The average molecular weight is 539 g/mol. The van der Waals surface area contributed by atoms with Crippen molar-refractivity contribution in [2.75, 3.05) is 0 Å². The minimum absolute atomic E-state index is 0.110. The van der Waals surface area contributed by atoms with Gasteiger partial charge in [0.25, 0.3) is 16.8 Å². The van der Waals surface area contributed by atoms with Gasteiger partial charge in [-0.3, -0.25) is 24.6 Å². The molecule has 0 atom stereocenters. The second-order valence-electron chi connectivity index (χ2n) is 7.09. The Morgan fingerprint density at radius 2 is 1.76 bits per heavy atom. The van der Waals surface area contributed by atoms with E-state index in [4.69, 9.17) is 4.74 Å². The molecule has 0 N–H and O–H groups in total. The predicted octanol–water partition coefficient (Wildman–Crippen LogP) is 5.81. The van der Waals surface area contributed by atoms with Crippen LogP contribution in [0.4, 0.5) is 10.5 Å². The van der Waals surface area contributed by atoms with E-state index >= 15 is 0 Å². The lowest BCUT2D eigenvalue weighted by Gasteiger charge is -2.12. The van der Waals surface area contributed by atoms with Crippen LogP contribution in [0, 0.1) is 10.1 Å². The van der Waals surface area contributed by atoms with Crippen LogP contribution >= 0.6 is 27.7 Å². The van der Waals surface area contributed by atoms with Crippen molar-refractivity contribution in [1.29, 1.82) is 0 Å². The van der Waals surface area contributed by atoms with Crippen LogP contribution in [0.2, 0.25) is 0 Å². The van der Waals surface area contributed by atoms with E-state index in [0.717, 1.165) is 4.90 Å². The number of carbonyl (C=O) groups is 3. The number of hydrogen-bond acceptors (Lipinski definition) is 7. The predicted molar refractivity (Wildman–Crippen MR) is 130 cm³/mol. The van der Waals surface area contributed by atoms with Crippen molar-refractivity contribution in [3.05, 3.63) is 109 Å². The van der Waals surface area contributed by atoms with Crippen molar-refractivity contribution in [3.63, 3.8) is 0 Å². The SMILES string of the molecule is O=C(Oc1ccc(Br)cc1/C=C1\SC(=O)N(Cc2ccccc2[N+](=O)[O-])C1=O)c1ccccc1. The third kappa shape index (κ3) is 5.08. The minimum atomic E-state index is -0.589. The summed E-state index contributed by atoms with van der Waals surface area (Å²) in [5.41, 5.74) is 0.847. The summed E-state index contributed by atoms with van der Waals surface area (Å²) in [5.74, 6) is -0.946. The number of benzene rings is 3. The summed E-state index contributed by atoms with van der Waals surface area (Å²) in [4.78, 5) is 49.8. The molecule has 1 saturated heterocycles. The molecular formula is C24H15BrN2O6S. The first-order valence-corrected chi connectivity index (χ1v) is 11.5. The molecule has 8 nitrogen and oxygen atoms in total. The molecular weight excluding hydrogens is 524 g/mol. The fourth-order valence-corrected chi connectivity index (χ4v) is 4.44. The molecule has 0 aliphatic carbocycles. The van der Waals surface area contributed by atoms with Gasteiger partial charge >= 0.3 is 5.97 Å². The van der Waals surface area contributed by atoms with Crippen LogP contribution in [-0.4, -0.2) is 26.9 Å². The van der Waals surface area contributed by atoms with Crippen LogP contribution in [-0.2, 0) is 11.3 Å². The summed E-state index contributed by atoms with van der Waals surface area (Å²) in [6.45, 7) is -0.229. The Hall–Kier alpha value is -3.76. The van der Waals surface area contributed by atoms with Gasteiger partial charge in [-0.25, -0.2) is 4.79 Å². The highest BCUT2D eigenvalue weighted by Gasteiger charge is 2.36. The van der Waals surface area contributed by atoms with Gasteiger partial charge in [0.2, 0.25) is 0 Å². The highest BCUT2D eigenvalue weighted by Crippen LogP contribution is 2.36. The summed E-state index contributed by atoms with van der Waals surface area (Å²) in [6, 6.07) is 19.3.